The van der Waals surface area contributed by atoms with Gasteiger partial charge in [-0.15, -0.1) is 0 Å². The molecule has 1 unspecified atom stereocenters. The number of ether oxygens (including phenoxy) is 1. The zero-order valence-electron chi connectivity index (χ0n) is 13.2. The van der Waals surface area contributed by atoms with Gasteiger partial charge in [0, 0.05) is 13.0 Å². The smallest absolute Gasteiger partial charge is 0.167 e. The van der Waals surface area contributed by atoms with Gasteiger partial charge in [-0.1, -0.05) is 0 Å². The molecule has 0 aliphatic carbocycles. The summed E-state index contributed by atoms with van der Waals surface area (Å²) in [5.74, 6) is 5.26. The van der Waals surface area contributed by atoms with E-state index < -0.39 is 24.7 Å². The van der Waals surface area contributed by atoms with Crippen molar-refractivity contribution in [2.45, 2.75) is 31.1 Å². The minimum absolute atomic E-state index is 0.252. The van der Waals surface area contributed by atoms with E-state index in [-0.39, 0.29) is 12.4 Å². The highest BCUT2D eigenvalue weighted by Crippen LogP contribution is 2.33. The van der Waals surface area contributed by atoms with Crippen LogP contribution in [0.2, 0.25) is 0 Å². The Morgan fingerprint density at radius 3 is 3.04 bits per heavy atom. The van der Waals surface area contributed by atoms with Gasteiger partial charge in [0.05, 0.1) is 19.0 Å². The monoisotopic (exact) mass is 339 g/mol. The van der Waals surface area contributed by atoms with Crippen molar-refractivity contribution in [3.8, 4) is 0 Å². The van der Waals surface area contributed by atoms with Crippen LogP contribution < -0.4 is 11.6 Å². The summed E-state index contributed by atoms with van der Waals surface area (Å²) in [4.78, 5) is 18.3. The number of nitrogen functional groups attached to an aromatic ring is 1. The standard InChI is InChI=1S/C13H21N7O4/c1-19(2-3-23-15)13(22)10-7(21)4-8(24-10)20-6-18-9-11(14)16-5-17-12(9)20/h5-8,10,13,21-22H,2-4,15H2,1H3,(H2,14,16,17)/t7-,8+,10-,13?/m0/s1. The zero-order chi connectivity index (χ0) is 17.3. The summed E-state index contributed by atoms with van der Waals surface area (Å²) in [6.07, 6.45) is 0.0188. The number of fused-ring (bicyclic) bond motifs is 1. The fraction of sp³-hybridized carbons (Fsp3) is 0.615. The molecule has 1 saturated heterocycles. The number of imidazole rings is 1. The lowest BCUT2D eigenvalue weighted by atomic mass is 10.1. The average Bonchev–Trinajstić information content (AvgIpc) is 3.16. The van der Waals surface area contributed by atoms with Gasteiger partial charge in [0.25, 0.3) is 0 Å². The first-order valence-corrected chi connectivity index (χ1v) is 7.49. The highest BCUT2D eigenvalue weighted by Gasteiger charge is 2.41. The van der Waals surface area contributed by atoms with E-state index in [2.05, 4.69) is 19.8 Å². The van der Waals surface area contributed by atoms with Crippen LogP contribution in [-0.4, -0.2) is 73.3 Å². The second kappa shape index (κ2) is 6.93. The second-order valence-corrected chi connectivity index (χ2v) is 5.71. The molecule has 0 amide bonds. The third-order valence-electron chi connectivity index (χ3n) is 4.14. The van der Waals surface area contributed by atoms with Gasteiger partial charge in [0.15, 0.2) is 11.5 Å². The molecule has 0 bridgehead atoms. The third-order valence-corrected chi connectivity index (χ3v) is 4.14. The van der Waals surface area contributed by atoms with E-state index in [0.717, 1.165) is 0 Å². The number of nitrogens with two attached hydrogens (primary N) is 2. The van der Waals surface area contributed by atoms with Crippen molar-refractivity contribution >= 4 is 17.0 Å². The molecule has 0 aromatic carbocycles. The lowest BCUT2D eigenvalue weighted by molar-refractivity contribution is -0.135. The number of anilines is 1. The average molecular weight is 339 g/mol. The lowest BCUT2D eigenvalue weighted by Crippen LogP contribution is -2.46. The van der Waals surface area contributed by atoms with Gasteiger partial charge in [0.2, 0.25) is 0 Å². The van der Waals surface area contributed by atoms with Crippen LogP contribution in [0.25, 0.3) is 11.2 Å². The van der Waals surface area contributed by atoms with E-state index >= 15 is 0 Å². The van der Waals surface area contributed by atoms with Gasteiger partial charge in [-0.2, -0.15) is 0 Å². The van der Waals surface area contributed by atoms with E-state index in [0.29, 0.717) is 24.1 Å². The number of nitrogens with zero attached hydrogens (tertiary/aromatic N) is 5. The van der Waals surface area contributed by atoms with Crippen molar-refractivity contribution in [1.29, 1.82) is 0 Å². The summed E-state index contributed by atoms with van der Waals surface area (Å²) in [5, 5.41) is 20.6. The quantitative estimate of drug-likeness (QED) is 0.349. The molecule has 3 rings (SSSR count). The summed E-state index contributed by atoms with van der Waals surface area (Å²) in [6.45, 7) is 0.648. The van der Waals surface area contributed by atoms with E-state index in [9.17, 15) is 10.2 Å². The molecule has 2 aromatic heterocycles. The number of likely N-dealkylation sites (N-methyl/N-ethyl adjacent to an activating group) is 1. The summed E-state index contributed by atoms with van der Waals surface area (Å²) < 4.78 is 7.51. The summed E-state index contributed by atoms with van der Waals surface area (Å²) in [5.41, 5.74) is 6.75. The molecule has 3 heterocycles. The number of hydrogen-bond acceptors (Lipinski definition) is 10. The molecule has 0 radical (unpaired) electrons. The van der Waals surface area contributed by atoms with Crippen LogP contribution in [-0.2, 0) is 9.57 Å². The predicted molar refractivity (Wildman–Crippen MR) is 83.0 cm³/mol. The summed E-state index contributed by atoms with van der Waals surface area (Å²) in [6, 6.07) is 0. The van der Waals surface area contributed by atoms with Gasteiger partial charge in [0.1, 0.15) is 30.4 Å². The third kappa shape index (κ3) is 3.05. The van der Waals surface area contributed by atoms with Crippen LogP contribution in [0.1, 0.15) is 12.6 Å². The molecular formula is C13H21N7O4. The van der Waals surface area contributed by atoms with Gasteiger partial charge >= 0.3 is 0 Å². The van der Waals surface area contributed by atoms with E-state index in [1.54, 1.807) is 16.5 Å². The predicted octanol–water partition coefficient (Wildman–Crippen LogP) is -1.80. The molecule has 0 saturated carbocycles. The van der Waals surface area contributed by atoms with Crippen molar-refractivity contribution in [1.82, 2.24) is 24.4 Å². The Balaban J connectivity index is 1.76. The van der Waals surface area contributed by atoms with Crippen LogP contribution in [0.15, 0.2) is 12.7 Å². The van der Waals surface area contributed by atoms with Gasteiger partial charge in [-0.3, -0.25) is 9.47 Å². The first-order valence-electron chi connectivity index (χ1n) is 7.49. The van der Waals surface area contributed by atoms with Crippen LogP contribution >= 0.6 is 0 Å². The first-order chi connectivity index (χ1) is 11.5. The Kier molecular flexibility index (Phi) is 4.89. The highest BCUT2D eigenvalue weighted by atomic mass is 16.6. The number of aliphatic hydroxyl groups is 2. The maximum Gasteiger partial charge on any atom is 0.167 e. The first kappa shape index (κ1) is 17.0. The fourth-order valence-electron chi connectivity index (χ4n) is 2.78. The van der Waals surface area contributed by atoms with E-state index in [1.807, 2.05) is 0 Å². The number of hydrogen-bond donors (Lipinski definition) is 4. The molecule has 11 nitrogen and oxygen atoms in total. The minimum atomic E-state index is -1.00. The molecule has 132 valence electrons. The van der Waals surface area contributed by atoms with Crippen LogP contribution in [0.5, 0.6) is 0 Å². The van der Waals surface area contributed by atoms with Crippen LogP contribution in [0.3, 0.4) is 0 Å². The molecule has 2 aromatic rings. The summed E-state index contributed by atoms with van der Waals surface area (Å²) in [7, 11) is 1.69. The van der Waals surface area contributed by atoms with E-state index in [1.165, 1.54) is 12.7 Å². The highest BCUT2D eigenvalue weighted by molar-refractivity contribution is 5.81. The number of aromatic nitrogens is 4. The Labute approximate surface area is 137 Å². The van der Waals surface area contributed by atoms with Gasteiger partial charge in [-0.25, -0.2) is 20.8 Å². The number of aliphatic hydroxyl groups excluding tert-OH is 2. The van der Waals surface area contributed by atoms with Crippen molar-refractivity contribution in [2.24, 2.45) is 5.90 Å². The molecular weight excluding hydrogens is 318 g/mol. The van der Waals surface area contributed by atoms with Gasteiger partial charge in [-0.05, 0) is 7.05 Å². The van der Waals surface area contributed by atoms with Crippen molar-refractivity contribution < 1.29 is 19.8 Å². The molecule has 6 N–H and O–H groups in total. The second-order valence-electron chi connectivity index (χ2n) is 5.71. The molecule has 4 atom stereocenters. The largest absolute Gasteiger partial charge is 0.390 e. The number of rotatable bonds is 6. The van der Waals surface area contributed by atoms with Crippen molar-refractivity contribution in [3.63, 3.8) is 0 Å². The summed E-state index contributed by atoms with van der Waals surface area (Å²) >= 11 is 0. The van der Waals surface area contributed by atoms with Crippen molar-refractivity contribution in [3.05, 3.63) is 12.7 Å². The molecule has 24 heavy (non-hydrogen) atoms. The Bertz CT molecular complexity index is 696. The maximum atomic E-state index is 10.4. The van der Waals surface area contributed by atoms with Gasteiger partial charge < -0.3 is 25.5 Å². The maximum absolute atomic E-state index is 10.4. The minimum Gasteiger partial charge on any atom is -0.390 e. The SMILES string of the molecule is CN(CCON)C(O)[C@H]1O[C@@H](n2cnc3c(N)ncnc32)C[C@@H]1O. The normalized spacial score (nSPS) is 25.6. The van der Waals surface area contributed by atoms with Crippen LogP contribution in [0.4, 0.5) is 5.82 Å². The molecule has 11 heteroatoms. The fourth-order valence-corrected chi connectivity index (χ4v) is 2.78. The van der Waals surface area contributed by atoms with Crippen LogP contribution in [0, 0.1) is 0 Å². The Hall–Kier alpha value is -1.89. The molecule has 0 spiro atoms. The molecule has 1 fully saturated rings. The Morgan fingerprint density at radius 2 is 2.29 bits per heavy atom. The van der Waals surface area contributed by atoms with Crippen molar-refractivity contribution in [2.75, 3.05) is 25.9 Å². The Morgan fingerprint density at radius 1 is 1.50 bits per heavy atom. The zero-order valence-corrected chi connectivity index (χ0v) is 13.2. The van der Waals surface area contributed by atoms with E-state index in [4.69, 9.17) is 16.4 Å². The molecule has 1 aliphatic rings. The lowest BCUT2D eigenvalue weighted by Gasteiger charge is -2.29. The topological polar surface area (TPSA) is 158 Å². The molecule has 1 aliphatic heterocycles.